The molecule has 0 aliphatic carbocycles. The van der Waals surface area contributed by atoms with E-state index in [1.807, 2.05) is 0 Å². The largest absolute Gasteiger partial charge is 0.418 e. The third-order valence-electron chi connectivity index (χ3n) is 4.88. The van der Waals surface area contributed by atoms with Crippen molar-refractivity contribution in [3.63, 3.8) is 0 Å². The second-order valence-corrected chi connectivity index (χ2v) is 9.02. The number of nitrogens with zero attached hydrogens (tertiary/aromatic N) is 2. The summed E-state index contributed by atoms with van der Waals surface area (Å²) in [6.07, 6.45) is -3.67. The zero-order chi connectivity index (χ0) is 23.2. The fraction of sp³-hybridized carbons (Fsp3) is 0.143. The van der Waals surface area contributed by atoms with Crippen LogP contribution >= 0.6 is 35.6 Å². The first kappa shape index (κ1) is 22.5. The van der Waals surface area contributed by atoms with Gasteiger partial charge >= 0.3 is 6.18 Å². The van der Waals surface area contributed by atoms with Crippen molar-refractivity contribution in [3.05, 3.63) is 69.6 Å². The lowest BCUT2D eigenvalue weighted by atomic mass is 10.1. The molecule has 0 aromatic heterocycles. The maximum Gasteiger partial charge on any atom is 0.418 e. The Morgan fingerprint density at radius 1 is 1.06 bits per heavy atom. The predicted octanol–water partition coefficient (Wildman–Crippen LogP) is 4.89. The summed E-state index contributed by atoms with van der Waals surface area (Å²) in [6.45, 7) is 0. The van der Waals surface area contributed by atoms with Gasteiger partial charge in [0.05, 0.1) is 22.6 Å². The van der Waals surface area contributed by atoms with Crippen LogP contribution in [0.2, 0.25) is 5.02 Å². The minimum absolute atomic E-state index is 0.0484. The summed E-state index contributed by atoms with van der Waals surface area (Å²) in [4.78, 5) is 40.3. The fourth-order valence-corrected chi connectivity index (χ4v) is 4.92. The van der Waals surface area contributed by atoms with Crippen LogP contribution in [-0.4, -0.2) is 33.0 Å². The lowest BCUT2D eigenvalue weighted by Crippen LogP contribution is -2.44. The van der Waals surface area contributed by atoms with Gasteiger partial charge in [0.25, 0.3) is 11.8 Å². The number of hydrogen-bond donors (Lipinski definition) is 0. The SMILES string of the molecule is O=C1CC(N2C(=O)/C(=C/c3ccc(Cl)cc3)SC2=S)C(=O)N1c1ccccc1C(F)(F)F. The van der Waals surface area contributed by atoms with Crippen LogP contribution in [0.25, 0.3) is 6.08 Å². The van der Waals surface area contributed by atoms with Gasteiger partial charge in [0.15, 0.2) is 0 Å². The van der Waals surface area contributed by atoms with Crippen molar-refractivity contribution < 1.29 is 27.6 Å². The number of alkyl halides is 3. The number of thiocarbonyl (C=S) groups is 1. The van der Waals surface area contributed by atoms with E-state index in [1.54, 1.807) is 30.3 Å². The first-order valence-electron chi connectivity index (χ1n) is 9.13. The van der Waals surface area contributed by atoms with Crippen molar-refractivity contribution in [1.82, 2.24) is 4.90 Å². The number of carbonyl (C=O) groups excluding carboxylic acids is 3. The molecule has 3 amide bonds. The van der Waals surface area contributed by atoms with Crippen LogP contribution in [0, 0.1) is 0 Å². The van der Waals surface area contributed by atoms with Crippen molar-refractivity contribution in [3.8, 4) is 0 Å². The molecule has 2 aromatic rings. The standard InChI is InChI=1S/C21H12ClF3N2O3S2/c22-12-7-5-11(6-8-12)9-16-19(30)27(20(31)32-16)15-10-17(28)26(18(15)29)14-4-2-1-3-13(14)21(23,24)25/h1-9,15H,10H2/b16-9-. The van der Waals surface area contributed by atoms with Crippen molar-refractivity contribution in [2.45, 2.75) is 18.6 Å². The van der Waals surface area contributed by atoms with E-state index in [4.69, 9.17) is 23.8 Å². The normalized spacial score (nSPS) is 20.8. The highest BCUT2D eigenvalue weighted by atomic mass is 35.5. The summed E-state index contributed by atoms with van der Waals surface area (Å²) >= 11 is 12.0. The zero-order valence-electron chi connectivity index (χ0n) is 15.9. The summed E-state index contributed by atoms with van der Waals surface area (Å²) in [6, 6.07) is 9.65. The lowest BCUT2D eigenvalue weighted by Gasteiger charge is -2.23. The van der Waals surface area contributed by atoms with E-state index in [9.17, 15) is 27.6 Å². The summed E-state index contributed by atoms with van der Waals surface area (Å²) < 4.78 is 40.3. The van der Waals surface area contributed by atoms with Crippen LogP contribution in [0.5, 0.6) is 0 Å². The van der Waals surface area contributed by atoms with Gasteiger partial charge in [0, 0.05) is 5.02 Å². The number of hydrogen-bond acceptors (Lipinski definition) is 5. The maximum atomic E-state index is 13.4. The van der Waals surface area contributed by atoms with E-state index in [0.29, 0.717) is 15.5 Å². The molecule has 0 spiro atoms. The molecule has 2 heterocycles. The van der Waals surface area contributed by atoms with Crippen LogP contribution in [-0.2, 0) is 20.6 Å². The van der Waals surface area contributed by atoms with Gasteiger partial charge in [-0.05, 0) is 35.9 Å². The van der Waals surface area contributed by atoms with Crippen LogP contribution in [0.1, 0.15) is 17.5 Å². The number of para-hydroxylation sites is 1. The van der Waals surface area contributed by atoms with Crippen LogP contribution < -0.4 is 4.90 Å². The molecule has 11 heteroatoms. The molecule has 2 aliphatic heterocycles. The molecule has 0 N–H and O–H groups in total. The van der Waals surface area contributed by atoms with E-state index in [1.165, 1.54) is 12.1 Å². The van der Waals surface area contributed by atoms with Gasteiger partial charge in [-0.1, -0.05) is 59.8 Å². The van der Waals surface area contributed by atoms with Crippen molar-refractivity contribution >= 4 is 69.4 Å². The Hall–Kier alpha value is -2.69. The highest BCUT2D eigenvalue weighted by molar-refractivity contribution is 8.26. The quantitative estimate of drug-likeness (QED) is 0.344. The smallest absolute Gasteiger partial charge is 0.280 e. The number of thioether (sulfide) groups is 1. The third kappa shape index (κ3) is 4.05. The van der Waals surface area contributed by atoms with Crippen LogP contribution in [0.3, 0.4) is 0 Å². The molecule has 4 rings (SSSR count). The van der Waals surface area contributed by atoms with Gasteiger partial charge in [0.2, 0.25) is 5.91 Å². The Morgan fingerprint density at radius 3 is 2.38 bits per heavy atom. The second kappa shape index (κ2) is 8.34. The molecular formula is C21H12ClF3N2O3S2. The number of benzene rings is 2. The van der Waals surface area contributed by atoms with Crippen molar-refractivity contribution in [2.75, 3.05) is 4.90 Å². The minimum Gasteiger partial charge on any atom is -0.280 e. The van der Waals surface area contributed by atoms with Gasteiger partial charge in [-0.25, -0.2) is 4.90 Å². The molecule has 0 radical (unpaired) electrons. The van der Waals surface area contributed by atoms with Crippen molar-refractivity contribution in [1.29, 1.82) is 0 Å². The molecule has 1 atom stereocenters. The van der Waals surface area contributed by atoms with Crippen LogP contribution in [0.4, 0.5) is 18.9 Å². The first-order valence-corrected chi connectivity index (χ1v) is 10.7. The molecular weight excluding hydrogens is 485 g/mol. The third-order valence-corrected chi connectivity index (χ3v) is 6.46. The number of rotatable bonds is 3. The molecule has 0 saturated carbocycles. The first-order chi connectivity index (χ1) is 15.1. The number of halogens is 4. The fourth-order valence-electron chi connectivity index (χ4n) is 3.44. The summed E-state index contributed by atoms with van der Waals surface area (Å²) in [7, 11) is 0. The Morgan fingerprint density at radius 2 is 1.72 bits per heavy atom. The molecule has 2 fully saturated rings. The average Bonchev–Trinajstić information content (AvgIpc) is 3.17. The molecule has 32 heavy (non-hydrogen) atoms. The predicted molar refractivity (Wildman–Crippen MR) is 119 cm³/mol. The second-order valence-electron chi connectivity index (χ2n) is 6.91. The Bertz CT molecular complexity index is 1180. The highest BCUT2D eigenvalue weighted by Gasteiger charge is 2.50. The van der Waals surface area contributed by atoms with Gasteiger partial charge in [-0.15, -0.1) is 0 Å². The topological polar surface area (TPSA) is 57.7 Å². The number of carbonyl (C=O) groups is 3. The van der Waals surface area contributed by atoms with Gasteiger partial charge in [-0.3, -0.25) is 19.3 Å². The highest BCUT2D eigenvalue weighted by Crippen LogP contribution is 2.41. The number of anilines is 1. The molecule has 164 valence electrons. The molecule has 1 unspecified atom stereocenters. The molecule has 2 saturated heterocycles. The number of amides is 3. The van der Waals surface area contributed by atoms with Gasteiger partial charge < -0.3 is 0 Å². The van der Waals surface area contributed by atoms with Gasteiger partial charge in [-0.2, -0.15) is 13.2 Å². The Balaban J connectivity index is 1.64. The number of imide groups is 1. The summed E-state index contributed by atoms with van der Waals surface area (Å²) in [5.74, 6) is -2.37. The molecule has 5 nitrogen and oxygen atoms in total. The van der Waals surface area contributed by atoms with Crippen LogP contribution in [0.15, 0.2) is 53.4 Å². The van der Waals surface area contributed by atoms with E-state index in [0.717, 1.165) is 28.8 Å². The van der Waals surface area contributed by atoms with Crippen molar-refractivity contribution in [2.24, 2.45) is 0 Å². The van der Waals surface area contributed by atoms with E-state index in [2.05, 4.69) is 0 Å². The lowest BCUT2D eigenvalue weighted by molar-refractivity contribution is -0.137. The summed E-state index contributed by atoms with van der Waals surface area (Å²) in [5.41, 5.74) is -1.01. The molecule has 2 aliphatic rings. The van der Waals surface area contributed by atoms with E-state index < -0.39 is 47.6 Å². The molecule has 0 bridgehead atoms. The Kier molecular flexibility index (Phi) is 5.87. The van der Waals surface area contributed by atoms with E-state index >= 15 is 0 Å². The molecule has 2 aromatic carbocycles. The Labute approximate surface area is 194 Å². The van der Waals surface area contributed by atoms with E-state index in [-0.39, 0.29) is 9.23 Å². The summed E-state index contributed by atoms with van der Waals surface area (Å²) in [5, 5.41) is 0.518. The maximum absolute atomic E-state index is 13.4. The monoisotopic (exact) mass is 496 g/mol. The average molecular weight is 497 g/mol. The zero-order valence-corrected chi connectivity index (χ0v) is 18.3. The van der Waals surface area contributed by atoms with Gasteiger partial charge in [0.1, 0.15) is 10.4 Å². The minimum atomic E-state index is -4.77.